The van der Waals surface area contributed by atoms with E-state index in [2.05, 4.69) is 6.92 Å². The van der Waals surface area contributed by atoms with Gasteiger partial charge in [-0.05, 0) is 32.1 Å². The Balaban J connectivity index is 2.77. The van der Waals surface area contributed by atoms with Crippen LogP contribution in [0.3, 0.4) is 0 Å². The first-order chi connectivity index (χ1) is 9.44. The van der Waals surface area contributed by atoms with Crippen molar-refractivity contribution < 1.29 is 14.7 Å². The molecule has 1 saturated carbocycles. The summed E-state index contributed by atoms with van der Waals surface area (Å²) in [6.07, 6.45) is 7.93. The first-order valence-electron chi connectivity index (χ1n) is 7.75. The Morgan fingerprint density at radius 2 is 1.85 bits per heavy atom. The molecule has 0 heterocycles. The van der Waals surface area contributed by atoms with Gasteiger partial charge in [-0.25, -0.2) is 10.6 Å². The molecule has 0 aromatic heterocycles. The first kappa shape index (κ1) is 17.0. The van der Waals surface area contributed by atoms with E-state index in [0.717, 1.165) is 56.4 Å². The lowest BCUT2D eigenvalue weighted by Crippen LogP contribution is -2.62. The highest BCUT2D eigenvalue weighted by atomic mass is 16.4. The SMILES string of the molecule is CCCCCC(=O)N(N)C(C)(C(=O)O)C1CCCCC1. The van der Waals surface area contributed by atoms with Crippen LogP contribution in [0.2, 0.25) is 0 Å². The molecule has 5 heteroatoms. The van der Waals surface area contributed by atoms with Crippen molar-refractivity contribution in [3.63, 3.8) is 0 Å². The van der Waals surface area contributed by atoms with Crippen molar-refractivity contribution >= 4 is 11.9 Å². The second-order valence-corrected chi connectivity index (χ2v) is 6.01. The molecule has 1 unspecified atom stereocenters. The summed E-state index contributed by atoms with van der Waals surface area (Å²) in [7, 11) is 0. The van der Waals surface area contributed by atoms with E-state index in [1.165, 1.54) is 0 Å². The number of nitrogens with zero attached hydrogens (tertiary/aromatic N) is 1. The van der Waals surface area contributed by atoms with Crippen molar-refractivity contribution in [2.45, 2.75) is 77.2 Å². The Morgan fingerprint density at radius 3 is 2.35 bits per heavy atom. The summed E-state index contributed by atoms with van der Waals surface area (Å²) in [5, 5.41) is 10.6. The lowest BCUT2D eigenvalue weighted by atomic mass is 9.75. The lowest BCUT2D eigenvalue weighted by Gasteiger charge is -2.42. The van der Waals surface area contributed by atoms with Crippen molar-refractivity contribution in [1.29, 1.82) is 0 Å². The van der Waals surface area contributed by atoms with Crippen molar-refractivity contribution in [3.05, 3.63) is 0 Å². The van der Waals surface area contributed by atoms with Gasteiger partial charge in [0.25, 0.3) is 0 Å². The van der Waals surface area contributed by atoms with E-state index in [1.54, 1.807) is 6.92 Å². The number of hydrogen-bond donors (Lipinski definition) is 2. The third-order valence-corrected chi connectivity index (χ3v) is 4.60. The number of carboxylic acid groups (broad SMARTS) is 1. The van der Waals surface area contributed by atoms with Gasteiger partial charge in [-0.15, -0.1) is 0 Å². The Bertz CT molecular complexity index is 340. The zero-order valence-electron chi connectivity index (χ0n) is 12.7. The molecule has 0 radical (unpaired) electrons. The van der Waals surface area contributed by atoms with Crippen molar-refractivity contribution in [2.75, 3.05) is 0 Å². The normalized spacial score (nSPS) is 19.4. The highest BCUT2D eigenvalue weighted by Gasteiger charge is 2.47. The molecule has 20 heavy (non-hydrogen) atoms. The number of hydrogen-bond acceptors (Lipinski definition) is 3. The van der Waals surface area contributed by atoms with Gasteiger partial charge >= 0.3 is 5.97 Å². The zero-order chi connectivity index (χ0) is 15.2. The van der Waals surface area contributed by atoms with Crippen LogP contribution < -0.4 is 5.84 Å². The highest BCUT2D eigenvalue weighted by molar-refractivity contribution is 5.86. The molecule has 1 atom stereocenters. The molecule has 1 amide bonds. The van der Waals surface area contributed by atoms with Gasteiger partial charge in [0.15, 0.2) is 5.54 Å². The topological polar surface area (TPSA) is 83.6 Å². The van der Waals surface area contributed by atoms with Crippen molar-refractivity contribution in [1.82, 2.24) is 5.01 Å². The van der Waals surface area contributed by atoms with E-state index in [-0.39, 0.29) is 11.8 Å². The molecule has 0 aromatic carbocycles. The van der Waals surface area contributed by atoms with Crippen LogP contribution in [0.25, 0.3) is 0 Å². The molecule has 1 aliphatic rings. The summed E-state index contributed by atoms with van der Waals surface area (Å²) < 4.78 is 0. The summed E-state index contributed by atoms with van der Waals surface area (Å²) in [4.78, 5) is 23.9. The van der Waals surface area contributed by atoms with Gasteiger partial charge in [-0.1, -0.05) is 39.0 Å². The number of aliphatic carboxylic acids is 1. The minimum atomic E-state index is -1.27. The fraction of sp³-hybridized carbons (Fsp3) is 0.867. The molecule has 0 aromatic rings. The predicted octanol–water partition coefficient (Wildman–Crippen LogP) is 2.69. The standard InChI is InChI=1S/C15H28N2O3/c1-3-4-6-11-13(18)17(16)15(2,14(19)20)12-9-7-5-8-10-12/h12H,3-11,16H2,1-2H3,(H,19,20). The molecule has 1 aliphatic carbocycles. The van der Waals surface area contributed by atoms with E-state index >= 15 is 0 Å². The molecule has 3 N–H and O–H groups in total. The maximum Gasteiger partial charge on any atom is 0.331 e. The number of carboxylic acids is 1. The lowest BCUT2D eigenvalue weighted by molar-refractivity contribution is -0.164. The molecule has 1 fully saturated rings. The van der Waals surface area contributed by atoms with E-state index in [1.807, 2.05) is 0 Å². The molecule has 1 rings (SSSR count). The zero-order valence-corrected chi connectivity index (χ0v) is 12.7. The minimum absolute atomic E-state index is 0.0473. The number of hydrazine groups is 1. The van der Waals surface area contributed by atoms with Gasteiger partial charge in [0.1, 0.15) is 0 Å². The maximum absolute atomic E-state index is 12.1. The molecule has 0 bridgehead atoms. The quantitative estimate of drug-likeness (QED) is 0.326. The van der Waals surface area contributed by atoms with Crippen molar-refractivity contribution in [3.8, 4) is 0 Å². The van der Waals surface area contributed by atoms with Gasteiger partial charge in [0.05, 0.1) is 0 Å². The summed E-state index contributed by atoms with van der Waals surface area (Å²) in [6, 6.07) is 0. The van der Waals surface area contributed by atoms with Crippen LogP contribution in [-0.2, 0) is 9.59 Å². The smallest absolute Gasteiger partial charge is 0.331 e. The van der Waals surface area contributed by atoms with Gasteiger partial charge in [-0.2, -0.15) is 0 Å². The number of amides is 1. The second kappa shape index (κ2) is 7.62. The molecule has 116 valence electrons. The first-order valence-corrected chi connectivity index (χ1v) is 7.75. The summed E-state index contributed by atoms with van der Waals surface area (Å²) in [5.74, 6) is 4.62. The van der Waals surface area contributed by atoms with Crippen molar-refractivity contribution in [2.24, 2.45) is 11.8 Å². The van der Waals surface area contributed by atoms with Crippen LogP contribution in [0.15, 0.2) is 0 Å². The summed E-state index contributed by atoms with van der Waals surface area (Å²) in [5.41, 5.74) is -1.27. The molecule has 0 saturated heterocycles. The average molecular weight is 284 g/mol. The van der Waals surface area contributed by atoms with E-state index < -0.39 is 11.5 Å². The Kier molecular flexibility index (Phi) is 6.46. The van der Waals surface area contributed by atoms with E-state index in [9.17, 15) is 14.7 Å². The fourth-order valence-electron chi connectivity index (χ4n) is 3.04. The van der Waals surface area contributed by atoms with Gasteiger partial charge in [-0.3, -0.25) is 9.80 Å². The molecule has 0 spiro atoms. The molecule has 0 aliphatic heterocycles. The number of unbranched alkanes of at least 4 members (excludes halogenated alkanes) is 2. The van der Waals surface area contributed by atoms with Crippen LogP contribution in [0, 0.1) is 5.92 Å². The number of nitrogens with two attached hydrogens (primary N) is 1. The Hall–Kier alpha value is -1.10. The van der Waals surface area contributed by atoms with Crippen LogP contribution >= 0.6 is 0 Å². The third kappa shape index (κ3) is 3.72. The number of rotatable bonds is 7. The van der Waals surface area contributed by atoms with Crippen LogP contribution in [0.4, 0.5) is 0 Å². The second-order valence-electron chi connectivity index (χ2n) is 6.01. The Morgan fingerprint density at radius 1 is 1.25 bits per heavy atom. The highest BCUT2D eigenvalue weighted by Crippen LogP contribution is 2.36. The largest absolute Gasteiger partial charge is 0.479 e. The summed E-state index contributed by atoms with van der Waals surface area (Å²) >= 11 is 0. The molecule has 5 nitrogen and oxygen atoms in total. The van der Waals surface area contributed by atoms with Gasteiger partial charge in [0.2, 0.25) is 5.91 Å². The van der Waals surface area contributed by atoms with Gasteiger partial charge in [0, 0.05) is 6.42 Å². The number of carbonyl (C=O) groups excluding carboxylic acids is 1. The monoisotopic (exact) mass is 284 g/mol. The molecular weight excluding hydrogens is 256 g/mol. The van der Waals surface area contributed by atoms with Gasteiger partial charge < -0.3 is 5.11 Å². The average Bonchev–Trinajstić information content (AvgIpc) is 2.46. The summed E-state index contributed by atoms with van der Waals surface area (Å²) in [6.45, 7) is 3.66. The van der Waals surface area contributed by atoms with Crippen LogP contribution in [-0.4, -0.2) is 27.5 Å². The maximum atomic E-state index is 12.1. The number of carbonyl (C=O) groups is 2. The fourth-order valence-corrected chi connectivity index (χ4v) is 3.04. The van der Waals surface area contributed by atoms with E-state index in [0.29, 0.717) is 6.42 Å². The third-order valence-electron chi connectivity index (χ3n) is 4.60. The predicted molar refractivity (Wildman–Crippen MR) is 77.8 cm³/mol. The van der Waals surface area contributed by atoms with Crippen LogP contribution in [0.5, 0.6) is 0 Å². The minimum Gasteiger partial charge on any atom is -0.479 e. The Labute approximate surface area is 121 Å². The molecular formula is C15H28N2O3. The van der Waals surface area contributed by atoms with E-state index in [4.69, 9.17) is 5.84 Å². The van der Waals surface area contributed by atoms with Crippen LogP contribution in [0.1, 0.15) is 71.6 Å².